The van der Waals surface area contributed by atoms with Crippen LogP contribution in [0.2, 0.25) is 0 Å². The van der Waals surface area contributed by atoms with Gasteiger partial charge in [0.25, 0.3) is 0 Å². The summed E-state index contributed by atoms with van der Waals surface area (Å²) in [5.41, 5.74) is 1.04. The molecule has 0 aromatic heterocycles. The van der Waals surface area contributed by atoms with Crippen LogP contribution in [0.1, 0.15) is 38.2 Å². The molecule has 3 nitrogen and oxygen atoms in total. The van der Waals surface area contributed by atoms with Crippen LogP contribution in [0.5, 0.6) is 0 Å². The quantitative estimate of drug-likeness (QED) is 0.864. The highest BCUT2D eigenvalue weighted by molar-refractivity contribution is 5.67. The smallest absolute Gasteiger partial charge is 0.303 e. The fourth-order valence-electron chi connectivity index (χ4n) is 3.10. The topological polar surface area (TPSA) is 57.5 Å². The Labute approximate surface area is 107 Å². The molecule has 98 valence electrons. The molecule has 3 heteroatoms. The zero-order valence-corrected chi connectivity index (χ0v) is 10.7. The van der Waals surface area contributed by atoms with Crippen LogP contribution < -0.4 is 0 Å². The molecule has 0 amide bonds. The minimum absolute atomic E-state index is 0.00106. The molecule has 3 atom stereocenters. The molecular formula is C15H20O3. The SMILES string of the molecule is C[C@@]1(c2ccccc2)CC[C@@H](O)C[C@@H]1CC(=O)O. The van der Waals surface area contributed by atoms with Gasteiger partial charge in [0, 0.05) is 6.42 Å². The molecular weight excluding hydrogens is 228 g/mol. The van der Waals surface area contributed by atoms with E-state index in [1.54, 1.807) is 0 Å². The number of aliphatic hydroxyl groups is 1. The van der Waals surface area contributed by atoms with Gasteiger partial charge in [-0.25, -0.2) is 0 Å². The van der Waals surface area contributed by atoms with Gasteiger partial charge in [-0.15, -0.1) is 0 Å². The van der Waals surface area contributed by atoms with E-state index in [1.165, 1.54) is 5.56 Å². The zero-order valence-electron chi connectivity index (χ0n) is 10.7. The summed E-state index contributed by atoms with van der Waals surface area (Å²) >= 11 is 0. The maximum Gasteiger partial charge on any atom is 0.303 e. The molecule has 2 rings (SSSR count). The van der Waals surface area contributed by atoms with E-state index < -0.39 is 5.97 Å². The van der Waals surface area contributed by atoms with Crippen molar-refractivity contribution in [3.05, 3.63) is 35.9 Å². The summed E-state index contributed by atoms with van der Waals surface area (Å²) in [6.45, 7) is 2.13. The normalized spacial score (nSPS) is 32.1. The number of hydrogen-bond acceptors (Lipinski definition) is 2. The van der Waals surface area contributed by atoms with Crippen molar-refractivity contribution in [3.8, 4) is 0 Å². The molecule has 1 fully saturated rings. The van der Waals surface area contributed by atoms with Gasteiger partial charge in [-0.1, -0.05) is 37.3 Å². The van der Waals surface area contributed by atoms with Gasteiger partial charge in [-0.3, -0.25) is 4.79 Å². The van der Waals surface area contributed by atoms with E-state index in [9.17, 15) is 9.90 Å². The lowest BCUT2D eigenvalue weighted by molar-refractivity contribution is -0.139. The molecule has 1 aliphatic rings. The van der Waals surface area contributed by atoms with E-state index in [0.717, 1.165) is 12.8 Å². The Balaban J connectivity index is 2.29. The predicted molar refractivity (Wildman–Crippen MR) is 69.4 cm³/mol. The average molecular weight is 248 g/mol. The van der Waals surface area contributed by atoms with E-state index in [2.05, 4.69) is 19.1 Å². The van der Waals surface area contributed by atoms with Gasteiger partial charge in [0.15, 0.2) is 0 Å². The molecule has 1 aromatic carbocycles. The Morgan fingerprint density at radius 3 is 2.67 bits per heavy atom. The first-order valence-corrected chi connectivity index (χ1v) is 6.48. The summed E-state index contributed by atoms with van der Waals surface area (Å²) in [6.07, 6.45) is 1.95. The number of aliphatic hydroxyl groups excluding tert-OH is 1. The van der Waals surface area contributed by atoms with Crippen molar-refractivity contribution in [2.24, 2.45) is 5.92 Å². The minimum Gasteiger partial charge on any atom is -0.481 e. The lowest BCUT2D eigenvalue weighted by atomic mass is 9.62. The summed E-state index contributed by atoms with van der Waals surface area (Å²) < 4.78 is 0. The van der Waals surface area contributed by atoms with Crippen LogP contribution in [0.3, 0.4) is 0 Å². The van der Waals surface area contributed by atoms with Gasteiger partial charge in [-0.05, 0) is 36.2 Å². The fourth-order valence-corrected chi connectivity index (χ4v) is 3.10. The van der Waals surface area contributed by atoms with Crippen molar-refractivity contribution in [1.82, 2.24) is 0 Å². The van der Waals surface area contributed by atoms with Gasteiger partial charge in [-0.2, -0.15) is 0 Å². The summed E-state index contributed by atoms with van der Waals surface area (Å²) in [7, 11) is 0. The van der Waals surface area contributed by atoms with Crippen molar-refractivity contribution in [2.45, 2.75) is 44.1 Å². The molecule has 0 spiro atoms. The van der Waals surface area contributed by atoms with Crippen LogP contribution in [0.15, 0.2) is 30.3 Å². The third-order valence-corrected chi connectivity index (χ3v) is 4.31. The second-order valence-electron chi connectivity index (χ2n) is 5.51. The van der Waals surface area contributed by atoms with Crippen molar-refractivity contribution >= 4 is 5.97 Å². The lowest BCUT2D eigenvalue weighted by Crippen LogP contribution is -2.40. The molecule has 0 unspecified atom stereocenters. The van der Waals surface area contributed by atoms with E-state index >= 15 is 0 Å². The Bertz CT molecular complexity index is 415. The summed E-state index contributed by atoms with van der Waals surface area (Å²) in [5.74, 6) is -0.780. The molecule has 0 heterocycles. The molecule has 1 aliphatic carbocycles. The Morgan fingerprint density at radius 2 is 2.06 bits per heavy atom. The van der Waals surface area contributed by atoms with Gasteiger partial charge in [0.1, 0.15) is 0 Å². The fraction of sp³-hybridized carbons (Fsp3) is 0.533. The van der Waals surface area contributed by atoms with Gasteiger partial charge < -0.3 is 10.2 Å². The van der Waals surface area contributed by atoms with E-state index in [4.69, 9.17) is 5.11 Å². The number of carboxylic acid groups (broad SMARTS) is 1. The first-order valence-electron chi connectivity index (χ1n) is 6.48. The largest absolute Gasteiger partial charge is 0.481 e. The Hall–Kier alpha value is -1.35. The molecule has 18 heavy (non-hydrogen) atoms. The third-order valence-electron chi connectivity index (χ3n) is 4.31. The van der Waals surface area contributed by atoms with Crippen LogP contribution in [0.4, 0.5) is 0 Å². The maximum atomic E-state index is 11.0. The molecule has 0 saturated heterocycles. The first-order chi connectivity index (χ1) is 8.52. The average Bonchev–Trinajstić information content (AvgIpc) is 2.34. The summed E-state index contributed by atoms with van der Waals surface area (Å²) in [6, 6.07) is 10.1. The number of carbonyl (C=O) groups is 1. The monoisotopic (exact) mass is 248 g/mol. The van der Waals surface area contributed by atoms with Crippen molar-refractivity contribution in [3.63, 3.8) is 0 Å². The standard InChI is InChI=1S/C15H20O3/c1-15(11-5-3-2-4-6-11)8-7-13(16)9-12(15)10-14(17)18/h2-6,12-13,16H,7-10H2,1H3,(H,17,18)/t12-,13-,15+/m1/s1. The maximum absolute atomic E-state index is 11.0. The number of hydrogen-bond donors (Lipinski definition) is 2. The second-order valence-corrected chi connectivity index (χ2v) is 5.51. The number of aliphatic carboxylic acids is 1. The number of benzene rings is 1. The molecule has 1 saturated carbocycles. The highest BCUT2D eigenvalue weighted by atomic mass is 16.4. The number of carboxylic acids is 1. The Morgan fingerprint density at radius 1 is 1.39 bits per heavy atom. The van der Waals surface area contributed by atoms with Crippen molar-refractivity contribution in [1.29, 1.82) is 0 Å². The van der Waals surface area contributed by atoms with Crippen LogP contribution >= 0.6 is 0 Å². The molecule has 0 bridgehead atoms. The zero-order chi connectivity index (χ0) is 13.2. The van der Waals surface area contributed by atoms with Crippen molar-refractivity contribution in [2.75, 3.05) is 0 Å². The van der Waals surface area contributed by atoms with Gasteiger partial charge in [0.2, 0.25) is 0 Å². The summed E-state index contributed by atoms with van der Waals surface area (Å²) in [4.78, 5) is 11.0. The first kappa shape index (κ1) is 13.1. The van der Waals surface area contributed by atoms with E-state index in [1.807, 2.05) is 18.2 Å². The van der Waals surface area contributed by atoms with Crippen LogP contribution in [-0.4, -0.2) is 22.3 Å². The number of rotatable bonds is 3. The van der Waals surface area contributed by atoms with Gasteiger partial charge >= 0.3 is 5.97 Å². The second kappa shape index (κ2) is 5.11. The van der Waals surface area contributed by atoms with E-state index in [0.29, 0.717) is 6.42 Å². The molecule has 0 aliphatic heterocycles. The molecule has 1 aromatic rings. The molecule has 2 N–H and O–H groups in total. The van der Waals surface area contributed by atoms with Crippen LogP contribution in [-0.2, 0) is 10.2 Å². The van der Waals surface area contributed by atoms with E-state index in [-0.39, 0.29) is 23.9 Å². The lowest BCUT2D eigenvalue weighted by Gasteiger charge is -2.43. The molecule has 0 radical (unpaired) electrons. The highest BCUT2D eigenvalue weighted by Crippen LogP contribution is 2.45. The Kier molecular flexibility index (Phi) is 3.71. The van der Waals surface area contributed by atoms with Gasteiger partial charge in [0.05, 0.1) is 6.10 Å². The third kappa shape index (κ3) is 2.56. The minimum atomic E-state index is -0.781. The van der Waals surface area contributed by atoms with Crippen LogP contribution in [0, 0.1) is 5.92 Å². The highest BCUT2D eigenvalue weighted by Gasteiger charge is 2.41. The predicted octanol–water partition coefficient (Wildman–Crippen LogP) is 2.58. The van der Waals surface area contributed by atoms with Crippen molar-refractivity contribution < 1.29 is 15.0 Å². The van der Waals surface area contributed by atoms with Crippen LogP contribution in [0.25, 0.3) is 0 Å². The summed E-state index contributed by atoms with van der Waals surface area (Å²) in [5, 5.41) is 18.8.